The van der Waals surface area contributed by atoms with Gasteiger partial charge in [0.2, 0.25) is 5.91 Å². The molecule has 1 aliphatic carbocycles. The number of rotatable bonds is 3. The molecule has 3 N–H and O–H groups in total. The molecule has 0 radical (unpaired) electrons. The van der Waals surface area contributed by atoms with Gasteiger partial charge in [0.1, 0.15) is 12.0 Å². The van der Waals surface area contributed by atoms with Gasteiger partial charge in [0.25, 0.3) is 0 Å². The van der Waals surface area contributed by atoms with Crippen LogP contribution in [0.3, 0.4) is 0 Å². The van der Waals surface area contributed by atoms with Crippen molar-refractivity contribution < 1.29 is 9.90 Å². The van der Waals surface area contributed by atoms with Crippen LogP contribution in [-0.4, -0.2) is 59.8 Å². The molecule has 29 heavy (non-hydrogen) atoms. The maximum atomic E-state index is 12.2. The summed E-state index contributed by atoms with van der Waals surface area (Å²) in [6.07, 6.45) is 7.72. The van der Waals surface area contributed by atoms with E-state index >= 15 is 0 Å². The van der Waals surface area contributed by atoms with Gasteiger partial charge in [-0.15, -0.1) is 0 Å². The average molecular weight is 392 g/mol. The fourth-order valence-electron chi connectivity index (χ4n) is 3.89. The second-order valence-corrected chi connectivity index (χ2v) is 7.32. The Labute approximate surface area is 166 Å². The largest absolute Gasteiger partial charge is 0.393 e. The molecule has 1 amide bonds. The molecule has 0 saturated heterocycles. The van der Waals surface area contributed by atoms with E-state index in [0.29, 0.717) is 28.8 Å². The van der Waals surface area contributed by atoms with Crippen LogP contribution >= 0.6 is 0 Å². The average Bonchev–Trinajstić information content (AvgIpc) is 3.29. The van der Waals surface area contributed by atoms with E-state index in [1.165, 1.54) is 6.33 Å². The summed E-state index contributed by atoms with van der Waals surface area (Å²) < 4.78 is 0. The number of hydrogen-bond acceptors (Lipinski definition) is 8. The number of H-pyrrole nitrogens is 1. The molecule has 5 rings (SSSR count). The zero-order valence-corrected chi connectivity index (χ0v) is 15.6. The van der Waals surface area contributed by atoms with Crippen LogP contribution < -0.4 is 10.2 Å². The van der Waals surface area contributed by atoms with Crippen molar-refractivity contribution in [1.29, 1.82) is 0 Å². The molecule has 1 saturated carbocycles. The number of anilines is 2. The van der Waals surface area contributed by atoms with E-state index < -0.39 is 0 Å². The van der Waals surface area contributed by atoms with Crippen LogP contribution in [0.15, 0.2) is 30.9 Å². The van der Waals surface area contributed by atoms with Gasteiger partial charge in [0.05, 0.1) is 24.5 Å². The monoisotopic (exact) mass is 392 g/mol. The van der Waals surface area contributed by atoms with Crippen LogP contribution in [0, 0.1) is 0 Å². The molecule has 3 aromatic rings. The summed E-state index contributed by atoms with van der Waals surface area (Å²) in [6.45, 7) is 0.244. The second kappa shape index (κ2) is 7.21. The fourth-order valence-corrected chi connectivity index (χ4v) is 3.89. The first-order valence-electron chi connectivity index (χ1n) is 9.61. The molecule has 0 bridgehead atoms. The Morgan fingerprint density at radius 2 is 1.90 bits per heavy atom. The molecule has 10 heteroatoms. The minimum Gasteiger partial charge on any atom is -0.393 e. The van der Waals surface area contributed by atoms with E-state index in [4.69, 9.17) is 4.98 Å². The first-order valence-corrected chi connectivity index (χ1v) is 9.61. The van der Waals surface area contributed by atoms with Crippen molar-refractivity contribution in [3.8, 4) is 22.8 Å². The van der Waals surface area contributed by atoms with Crippen molar-refractivity contribution in [2.75, 3.05) is 16.8 Å². The number of aliphatic hydroxyl groups is 1. The fraction of sp³-hybridized carbons (Fsp3) is 0.368. The van der Waals surface area contributed by atoms with Gasteiger partial charge in [-0.2, -0.15) is 5.10 Å². The lowest BCUT2D eigenvalue weighted by Gasteiger charge is -2.38. The third kappa shape index (κ3) is 3.42. The Morgan fingerprint density at radius 1 is 1.03 bits per heavy atom. The number of aliphatic hydroxyl groups excluding tert-OH is 1. The number of nitrogens with one attached hydrogen (secondary N) is 2. The number of aromatic nitrogens is 6. The Balaban J connectivity index is 1.46. The minimum absolute atomic E-state index is 0.0943. The lowest BCUT2D eigenvalue weighted by Crippen LogP contribution is -2.47. The summed E-state index contributed by atoms with van der Waals surface area (Å²) in [7, 11) is 0. The molecule has 3 aromatic heterocycles. The molecular formula is C19H20N8O2. The highest BCUT2D eigenvalue weighted by molar-refractivity contribution is 5.99. The van der Waals surface area contributed by atoms with Gasteiger partial charge in [-0.25, -0.2) is 15.0 Å². The molecule has 148 valence electrons. The van der Waals surface area contributed by atoms with E-state index in [2.05, 4.69) is 30.5 Å². The topological polar surface area (TPSA) is 133 Å². The molecule has 0 unspecified atom stereocenters. The molecule has 0 aromatic carbocycles. The van der Waals surface area contributed by atoms with Gasteiger partial charge < -0.3 is 15.3 Å². The van der Waals surface area contributed by atoms with Crippen molar-refractivity contribution in [2.45, 2.75) is 37.8 Å². The number of nitrogens with zero attached hydrogens (tertiary/aromatic N) is 6. The number of carbonyl (C=O) groups is 1. The Kier molecular flexibility index (Phi) is 4.39. The summed E-state index contributed by atoms with van der Waals surface area (Å²) >= 11 is 0. The Bertz CT molecular complexity index is 1010. The standard InChI is InChI=1S/C19H20N8O2/c28-13-4-2-12(3-5-13)27-9-16(29)25-18-19(27)24-15(8-21-18)11-1-6-14(20-7-11)17-22-10-23-26-17/h1,6-8,10,12-13,28H,2-5,9H2,(H,21,25,29)(H,22,23,26)/t12-,13-. The molecule has 10 nitrogen and oxygen atoms in total. The van der Waals surface area contributed by atoms with Crippen LogP contribution in [0.1, 0.15) is 25.7 Å². The van der Waals surface area contributed by atoms with E-state index in [-0.39, 0.29) is 24.6 Å². The number of fused-ring (bicyclic) bond motifs is 1. The van der Waals surface area contributed by atoms with E-state index in [1.54, 1.807) is 12.4 Å². The van der Waals surface area contributed by atoms with Gasteiger partial charge in [-0.3, -0.25) is 14.9 Å². The number of carbonyl (C=O) groups excluding carboxylic acids is 1. The van der Waals surface area contributed by atoms with Crippen LogP contribution in [-0.2, 0) is 4.79 Å². The van der Waals surface area contributed by atoms with Gasteiger partial charge in [-0.1, -0.05) is 0 Å². The van der Waals surface area contributed by atoms with Crippen molar-refractivity contribution in [3.05, 3.63) is 30.9 Å². The van der Waals surface area contributed by atoms with Gasteiger partial charge >= 0.3 is 0 Å². The highest BCUT2D eigenvalue weighted by Crippen LogP contribution is 2.34. The van der Waals surface area contributed by atoms with Crippen molar-refractivity contribution >= 4 is 17.5 Å². The third-order valence-corrected chi connectivity index (χ3v) is 5.41. The maximum absolute atomic E-state index is 12.2. The number of hydrogen-bond donors (Lipinski definition) is 3. The summed E-state index contributed by atoms with van der Waals surface area (Å²) in [4.78, 5) is 31.9. The van der Waals surface area contributed by atoms with Crippen LogP contribution in [0.5, 0.6) is 0 Å². The summed E-state index contributed by atoms with van der Waals surface area (Å²) in [6, 6.07) is 3.90. The highest BCUT2D eigenvalue weighted by Gasteiger charge is 2.32. The number of amides is 1. The smallest absolute Gasteiger partial charge is 0.245 e. The number of pyridine rings is 1. The number of aromatic amines is 1. The Hall–Kier alpha value is -3.40. The van der Waals surface area contributed by atoms with Crippen molar-refractivity contribution in [2.24, 2.45) is 0 Å². The Morgan fingerprint density at radius 3 is 2.62 bits per heavy atom. The molecular weight excluding hydrogens is 372 g/mol. The van der Waals surface area contributed by atoms with Gasteiger partial charge in [-0.05, 0) is 37.8 Å². The molecule has 0 atom stereocenters. The van der Waals surface area contributed by atoms with Crippen molar-refractivity contribution in [1.82, 2.24) is 30.1 Å². The first kappa shape index (κ1) is 17.7. The summed E-state index contributed by atoms with van der Waals surface area (Å²) in [5.74, 6) is 1.58. The predicted molar refractivity (Wildman–Crippen MR) is 105 cm³/mol. The lowest BCUT2D eigenvalue weighted by atomic mass is 9.91. The molecule has 1 aliphatic heterocycles. The summed E-state index contributed by atoms with van der Waals surface area (Å²) in [5, 5.41) is 19.3. The molecule has 0 spiro atoms. The third-order valence-electron chi connectivity index (χ3n) is 5.41. The molecule has 1 fully saturated rings. The quantitative estimate of drug-likeness (QED) is 0.609. The highest BCUT2D eigenvalue weighted by atomic mass is 16.3. The molecule has 4 heterocycles. The normalized spacial score (nSPS) is 21.6. The van der Waals surface area contributed by atoms with Crippen LogP contribution in [0.25, 0.3) is 22.8 Å². The zero-order chi connectivity index (χ0) is 19.8. The van der Waals surface area contributed by atoms with Gasteiger partial charge in [0.15, 0.2) is 17.5 Å². The van der Waals surface area contributed by atoms with Crippen molar-refractivity contribution in [3.63, 3.8) is 0 Å². The van der Waals surface area contributed by atoms with Crippen LogP contribution in [0.4, 0.5) is 11.6 Å². The van der Waals surface area contributed by atoms with E-state index in [1.807, 2.05) is 17.0 Å². The van der Waals surface area contributed by atoms with Crippen LogP contribution in [0.2, 0.25) is 0 Å². The summed E-state index contributed by atoms with van der Waals surface area (Å²) in [5.41, 5.74) is 2.15. The maximum Gasteiger partial charge on any atom is 0.245 e. The second-order valence-electron chi connectivity index (χ2n) is 7.32. The van der Waals surface area contributed by atoms with E-state index in [9.17, 15) is 9.90 Å². The molecule has 2 aliphatic rings. The minimum atomic E-state index is -0.254. The lowest BCUT2D eigenvalue weighted by molar-refractivity contribution is -0.115. The van der Waals surface area contributed by atoms with Gasteiger partial charge in [0, 0.05) is 17.8 Å². The zero-order valence-electron chi connectivity index (χ0n) is 15.6. The van der Waals surface area contributed by atoms with E-state index in [0.717, 1.165) is 31.2 Å². The first-order chi connectivity index (χ1) is 14.2. The SMILES string of the molecule is O=C1CN([C@H]2CC[C@H](O)CC2)c2nc(-c3ccc(-c4nc[nH]n4)nc3)cnc2N1. The predicted octanol–water partition coefficient (Wildman–Crippen LogP) is 1.39.